The van der Waals surface area contributed by atoms with Crippen LogP contribution in [0.15, 0.2) is 71.9 Å². The quantitative estimate of drug-likeness (QED) is 0.433. The first-order chi connectivity index (χ1) is 17.3. The summed E-state index contributed by atoms with van der Waals surface area (Å²) < 4.78 is 5.25. The Balaban J connectivity index is 1.77. The molecule has 5 rings (SSSR count). The fraction of sp³-hybridized carbons (Fsp3) is 0.355. The van der Waals surface area contributed by atoms with Crippen LogP contribution in [0.2, 0.25) is 0 Å². The number of fused-ring (bicyclic) bond motifs is 3. The van der Waals surface area contributed by atoms with E-state index in [-0.39, 0.29) is 17.7 Å². The highest BCUT2D eigenvalue weighted by molar-refractivity contribution is 6.06. The van der Waals surface area contributed by atoms with Crippen molar-refractivity contribution >= 4 is 33.9 Å². The number of hydrogen-bond donors (Lipinski definition) is 1. The maximum atomic E-state index is 13.8. The van der Waals surface area contributed by atoms with Crippen LogP contribution in [0, 0.1) is 11.3 Å². The van der Waals surface area contributed by atoms with Gasteiger partial charge in [-0.05, 0) is 59.4 Å². The zero-order valence-corrected chi connectivity index (χ0v) is 21.7. The standard InChI is InChI=1S/C31H34N2O3/c1-6-33(7-2)21-15-12-20(13-16-21)25-26-22-11-9-8-10-19(22)14-17-23(26)32-29-27(25)24(34)18-31(3,4)28(29)30(35)36-5/h8-17,25,28,32H,6-7,18H2,1-5H3/t25-,28+/m1/s1. The van der Waals surface area contributed by atoms with Crippen molar-refractivity contribution in [3.8, 4) is 0 Å². The molecule has 1 N–H and O–H groups in total. The highest BCUT2D eigenvalue weighted by Gasteiger charge is 2.50. The molecule has 0 fully saturated rings. The highest BCUT2D eigenvalue weighted by Crippen LogP contribution is 2.53. The number of hydrogen-bond acceptors (Lipinski definition) is 5. The minimum absolute atomic E-state index is 0.0825. The number of carbonyl (C=O) groups excluding carboxylic acids is 2. The maximum Gasteiger partial charge on any atom is 0.315 e. The largest absolute Gasteiger partial charge is 0.468 e. The lowest BCUT2D eigenvalue weighted by Gasteiger charge is -2.44. The van der Waals surface area contributed by atoms with Gasteiger partial charge in [0.15, 0.2) is 5.78 Å². The van der Waals surface area contributed by atoms with Crippen molar-refractivity contribution in [2.45, 2.75) is 40.0 Å². The first kappa shape index (κ1) is 24.1. The number of nitrogens with one attached hydrogen (secondary N) is 1. The highest BCUT2D eigenvalue weighted by atomic mass is 16.5. The Bertz CT molecular complexity index is 1370. The van der Waals surface area contributed by atoms with Crippen molar-refractivity contribution in [3.63, 3.8) is 0 Å². The van der Waals surface area contributed by atoms with Crippen molar-refractivity contribution in [1.29, 1.82) is 0 Å². The van der Waals surface area contributed by atoms with Crippen molar-refractivity contribution in [3.05, 3.63) is 83.1 Å². The molecule has 3 aromatic carbocycles. The van der Waals surface area contributed by atoms with E-state index < -0.39 is 11.3 Å². The Labute approximate surface area is 213 Å². The minimum atomic E-state index is -0.554. The van der Waals surface area contributed by atoms with Gasteiger partial charge in [-0.2, -0.15) is 0 Å². The summed E-state index contributed by atoms with van der Waals surface area (Å²) >= 11 is 0. The molecule has 2 atom stereocenters. The molecule has 36 heavy (non-hydrogen) atoms. The summed E-state index contributed by atoms with van der Waals surface area (Å²) in [5, 5.41) is 5.78. The molecule has 1 heterocycles. The monoisotopic (exact) mass is 482 g/mol. The van der Waals surface area contributed by atoms with Crippen molar-refractivity contribution < 1.29 is 14.3 Å². The van der Waals surface area contributed by atoms with Crippen LogP contribution in [0.4, 0.5) is 11.4 Å². The Morgan fingerprint density at radius 3 is 2.39 bits per heavy atom. The summed E-state index contributed by atoms with van der Waals surface area (Å²) in [4.78, 5) is 29.2. The molecule has 0 saturated carbocycles. The molecule has 0 radical (unpaired) electrons. The van der Waals surface area contributed by atoms with Gasteiger partial charge in [-0.25, -0.2) is 0 Å². The molecule has 3 aromatic rings. The molecule has 0 spiro atoms. The number of anilines is 2. The number of ether oxygens (including phenoxy) is 1. The van der Waals surface area contributed by atoms with Crippen LogP contribution < -0.4 is 10.2 Å². The van der Waals surface area contributed by atoms with Gasteiger partial charge in [-0.3, -0.25) is 9.59 Å². The molecule has 5 heteroatoms. The maximum absolute atomic E-state index is 13.8. The SMILES string of the molecule is CCN(CC)c1ccc([C@H]2C3=C(Nc4ccc5ccccc5c42)[C@@H](C(=O)OC)C(C)(C)CC3=O)cc1. The number of benzene rings is 3. The lowest BCUT2D eigenvalue weighted by Crippen LogP contribution is -2.44. The molecule has 5 nitrogen and oxygen atoms in total. The third kappa shape index (κ3) is 3.78. The van der Waals surface area contributed by atoms with E-state index in [1.807, 2.05) is 26.0 Å². The Kier molecular flexibility index (Phi) is 6.11. The van der Waals surface area contributed by atoms with E-state index in [4.69, 9.17) is 4.74 Å². The molecule has 1 aliphatic carbocycles. The van der Waals surface area contributed by atoms with E-state index in [0.717, 1.165) is 46.4 Å². The lowest BCUT2D eigenvalue weighted by molar-refractivity contribution is -0.148. The Hall–Kier alpha value is -3.60. The molecule has 0 saturated heterocycles. The minimum Gasteiger partial charge on any atom is -0.468 e. The van der Waals surface area contributed by atoms with E-state index in [9.17, 15) is 9.59 Å². The average molecular weight is 483 g/mol. The summed E-state index contributed by atoms with van der Waals surface area (Å²) in [5.74, 6) is -1.05. The van der Waals surface area contributed by atoms with Crippen LogP contribution in [0.3, 0.4) is 0 Å². The van der Waals surface area contributed by atoms with Crippen LogP contribution in [-0.4, -0.2) is 32.0 Å². The molecule has 1 aliphatic heterocycles. The number of methoxy groups -OCH3 is 1. The van der Waals surface area contributed by atoms with Gasteiger partial charge in [0.25, 0.3) is 0 Å². The molecule has 186 valence electrons. The van der Waals surface area contributed by atoms with E-state index >= 15 is 0 Å². The van der Waals surface area contributed by atoms with E-state index in [1.165, 1.54) is 7.11 Å². The normalized spacial score (nSPS) is 20.4. The molecule has 0 amide bonds. The summed E-state index contributed by atoms with van der Waals surface area (Å²) in [6.07, 6.45) is 0.293. The zero-order valence-electron chi connectivity index (χ0n) is 21.7. The predicted octanol–water partition coefficient (Wildman–Crippen LogP) is 6.29. The van der Waals surface area contributed by atoms with Gasteiger partial charge in [-0.15, -0.1) is 0 Å². The van der Waals surface area contributed by atoms with E-state index in [1.54, 1.807) is 0 Å². The summed E-state index contributed by atoms with van der Waals surface area (Å²) in [6, 6.07) is 21.0. The average Bonchev–Trinajstić information content (AvgIpc) is 2.87. The number of Topliss-reactive ketones (excluding diaryl/α,β-unsaturated/α-hetero) is 1. The number of ketones is 1. The van der Waals surface area contributed by atoms with Crippen LogP contribution in [0.25, 0.3) is 10.8 Å². The topological polar surface area (TPSA) is 58.6 Å². The molecule has 0 bridgehead atoms. The predicted molar refractivity (Wildman–Crippen MR) is 145 cm³/mol. The molecular formula is C31H34N2O3. The molecule has 2 aliphatic rings. The summed E-state index contributed by atoms with van der Waals surface area (Å²) in [5.41, 5.74) is 5.04. The number of nitrogens with zero attached hydrogens (tertiary/aromatic N) is 1. The number of allylic oxidation sites excluding steroid dienone is 1. The van der Waals surface area contributed by atoms with Crippen LogP contribution in [-0.2, 0) is 14.3 Å². The zero-order chi connectivity index (χ0) is 25.6. The van der Waals surface area contributed by atoms with Crippen LogP contribution in [0.5, 0.6) is 0 Å². The Morgan fingerprint density at radius 2 is 1.72 bits per heavy atom. The summed E-state index contributed by atoms with van der Waals surface area (Å²) in [6.45, 7) is 10.1. The fourth-order valence-electron chi connectivity index (χ4n) is 6.12. The van der Waals surface area contributed by atoms with Gasteiger partial charge >= 0.3 is 5.97 Å². The van der Waals surface area contributed by atoms with Crippen molar-refractivity contribution in [2.75, 3.05) is 30.4 Å². The lowest BCUT2D eigenvalue weighted by atomic mass is 9.63. The number of carbonyl (C=O) groups is 2. The third-order valence-corrected chi connectivity index (χ3v) is 7.89. The molecule has 0 aromatic heterocycles. The number of esters is 1. The first-order valence-electron chi connectivity index (χ1n) is 12.8. The van der Waals surface area contributed by atoms with E-state index in [0.29, 0.717) is 17.7 Å². The molecule has 0 unspecified atom stereocenters. The fourth-order valence-corrected chi connectivity index (χ4v) is 6.12. The van der Waals surface area contributed by atoms with E-state index in [2.05, 4.69) is 72.6 Å². The summed E-state index contributed by atoms with van der Waals surface area (Å²) in [7, 11) is 1.42. The second kappa shape index (κ2) is 9.12. The van der Waals surface area contributed by atoms with Gasteiger partial charge in [0, 0.05) is 48.1 Å². The van der Waals surface area contributed by atoms with Gasteiger partial charge < -0.3 is 15.0 Å². The third-order valence-electron chi connectivity index (χ3n) is 7.89. The van der Waals surface area contributed by atoms with Crippen molar-refractivity contribution in [1.82, 2.24) is 0 Å². The van der Waals surface area contributed by atoms with Gasteiger partial charge in [0.1, 0.15) is 5.92 Å². The second-order valence-corrected chi connectivity index (χ2v) is 10.4. The second-order valence-electron chi connectivity index (χ2n) is 10.4. The van der Waals surface area contributed by atoms with Gasteiger partial charge in [-0.1, -0.05) is 56.3 Å². The van der Waals surface area contributed by atoms with Gasteiger partial charge in [0.05, 0.1) is 7.11 Å². The van der Waals surface area contributed by atoms with Gasteiger partial charge in [0.2, 0.25) is 0 Å². The van der Waals surface area contributed by atoms with Crippen LogP contribution in [0.1, 0.15) is 51.2 Å². The van der Waals surface area contributed by atoms with Crippen LogP contribution >= 0.6 is 0 Å². The Morgan fingerprint density at radius 1 is 1.03 bits per heavy atom. The number of rotatable bonds is 5. The smallest absolute Gasteiger partial charge is 0.315 e. The molecular weight excluding hydrogens is 448 g/mol. The van der Waals surface area contributed by atoms with Crippen molar-refractivity contribution in [2.24, 2.45) is 11.3 Å². The first-order valence-corrected chi connectivity index (χ1v) is 12.8.